The van der Waals surface area contributed by atoms with Crippen LogP contribution in [0.5, 0.6) is 11.5 Å². The molecule has 1 aliphatic heterocycles. The van der Waals surface area contributed by atoms with Crippen molar-refractivity contribution in [3.8, 4) is 11.5 Å². The van der Waals surface area contributed by atoms with Crippen LogP contribution in [0.4, 0.5) is 14.5 Å². The van der Waals surface area contributed by atoms with Crippen LogP contribution in [-0.2, 0) is 9.59 Å². The van der Waals surface area contributed by atoms with Crippen molar-refractivity contribution in [1.29, 1.82) is 0 Å². The van der Waals surface area contributed by atoms with Crippen LogP contribution in [0.25, 0.3) is 0 Å². The molecule has 182 valence electrons. The Labute approximate surface area is 201 Å². The molecule has 1 aliphatic rings. The van der Waals surface area contributed by atoms with Gasteiger partial charge in [-0.3, -0.25) is 9.59 Å². The molecular weight excluding hydrogens is 466 g/mol. The van der Waals surface area contributed by atoms with Crippen molar-refractivity contribution < 1.29 is 27.8 Å². The van der Waals surface area contributed by atoms with Gasteiger partial charge in [-0.25, -0.2) is 0 Å². The fourth-order valence-electron chi connectivity index (χ4n) is 2.96. The van der Waals surface area contributed by atoms with Crippen LogP contribution in [0.2, 0.25) is 0 Å². The molecule has 34 heavy (non-hydrogen) atoms. The van der Waals surface area contributed by atoms with Crippen molar-refractivity contribution in [2.45, 2.75) is 19.6 Å². The van der Waals surface area contributed by atoms with Gasteiger partial charge in [0.25, 0.3) is 5.91 Å². The van der Waals surface area contributed by atoms with E-state index in [1.165, 1.54) is 17.0 Å². The summed E-state index contributed by atoms with van der Waals surface area (Å²) in [6.45, 7) is -1.16. The molecular formula is C23H26F2N4O4S. The largest absolute Gasteiger partial charge is 0.497 e. The van der Waals surface area contributed by atoms with Gasteiger partial charge in [-0.05, 0) is 61.1 Å². The van der Waals surface area contributed by atoms with E-state index in [4.69, 9.17) is 17.0 Å². The van der Waals surface area contributed by atoms with Crippen LogP contribution in [-0.4, -0.2) is 50.1 Å². The number of ether oxygens (including phenoxy) is 2. The zero-order valence-electron chi connectivity index (χ0n) is 19.1. The van der Waals surface area contributed by atoms with E-state index in [0.717, 1.165) is 6.41 Å². The summed E-state index contributed by atoms with van der Waals surface area (Å²) >= 11 is 5.21. The fraction of sp³-hybridized carbons (Fsp3) is 0.261. The molecule has 1 unspecified atom stereocenters. The number of anilines is 1. The van der Waals surface area contributed by atoms with Crippen LogP contribution in [0, 0.1) is 0 Å². The van der Waals surface area contributed by atoms with Gasteiger partial charge in [-0.15, -0.1) is 0 Å². The van der Waals surface area contributed by atoms with Crippen molar-refractivity contribution in [2.24, 2.45) is 0 Å². The van der Waals surface area contributed by atoms with Gasteiger partial charge >= 0.3 is 6.61 Å². The molecule has 0 fully saturated rings. The number of carbonyl (C=O) groups is 2. The molecule has 0 aliphatic carbocycles. The van der Waals surface area contributed by atoms with Crippen LogP contribution in [0.15, 0.2) is 59.8 Å². The number of methoxy groups -OCH3 is 1. The molecule has 11 heteroatoms. The second-order valence-electron chi connectivity index (χ2n) is 7.27. The molecule has 1 heterocycles. The first-order valence-electron chi connectivity index (χ1n) is 10.0. The standard InChI is InChI=1S/C20H19F2N3O3S.C3H7NO/c1-11-16(18(26)24-13-5-9-14(27-2)10-6-13)17(25-20(29)23-11)12-3-7-15(8-4-12)28-19(21)22;1-4(2)3-5/h3-10,17,19H,1-2H3,(H,24,26)(H2,23,25,29);3H,1-2H3. The molecule has 3 rings (SSSR count). The van der Waals surface area contributed by atoms with Gasteiger partial charge < -0.3 is 30.3 Å². The van der Waals surface area contributed by atoms with Gasteiger partial charge in [0.15, 0.2) is 5.11 Å². The Hall–Kier alpha value is -3.73. The average Bonchev–Trinajstić information content (AvgIpc) is 2.79. The Bertz CT molecular complexity index is 1030. The number of alkyl halides is 2. The number of allylic oxidation sites excluding steroid dienone is 1. The van der Waals surface area contributed by atoms with Crippen molar-refractivity contribution in [3.05, 3.63) is 65.4 Å². The molecule has 2 amide bonds. The number of benzene rings is 2. The molecule has 1 atom stereocenters. The second-order valence-corrected chi connectivity index (χ2v) is 7.68. The summed E-state index contributed by atoms with van der Waals surface area (Å²) in [5.74, 6) is 0.381. The number of halogens is 2. The first kappa shape index (κ1) is 26.5. The summed E-state index contributed by atoms with van der Waals surface area (Å²) in [5.41, 5.74) is 2.30. The third kappa shape index (κ3) is 7.69. The van der Waals surface area contributed by atoms with Gasteiger partial charge in [0, 0.05) is 25.5 Å². The van der Waals surface area contributed by atoms with Gasteiger partial charge in [0.1, 0.15) is 11.5 Å². The zero-order valence-corrected chi connectivity index (χ0v) is 19.9. The molecule has 0 saturated heterocycles. The Balaban J connectivity index is 0.000000739. The summed E-state index contributed by atoms with van der Waals surface area (Å²) in [6.07, 6.45) is 0.750. The molecule has 0 aromatic heterocycles. The average molecular weight is 493 g/mol. The topological polar surface area (TPSA) is 91.9 Å². The van der Waals surface area contributed by atoms with E-state index >= 15 is 0 Å². The summed E-state index contributed by atoms with van der Waals surface area (Å²) in [6, 6.07) is 12.4. The molecule has 0 radical (unpaired) electrons. The van der Waals surface area contributed by atoms with E-state index in [0.29, 0.717) is 33.4 Å². The lowest BCUT2D eigenvalue weighted by Crippen LogP contribution is -2.45. The third-order valence-corrected chi connectivity index (χ3v) is 4.73. The maximum atomic E-state index is 13.0. The normalized spacial score (nSPS) is 14.8. The maximum absolute atomic E-state index is 13.0. The fourth-order valence-corrected chi connectivity index (χ4v) is 3.23. The Morgan fingerprint density at radius 2 is 1.68 bits per heavy atom. The van der Waals surface area contributed by atoms with Crippen LogP contribution in [0.3, 0.4) is 0 Å². The van der Waals surface area contributed by atoms with Crippen molar-refractivity contribution in [2.75, 3.05) is 26.5 Å². The highest BCUT2D eigenvalue weighted by atomic mass is 32.1. The molecule has 2 aromatic rings. The molecule has 0 bridgehead atoms. The molecule has 8 nitrogen and oxygen atoms in total. The highest BCUT2D eigenvalue weighted by Crippen LogP contribution is 2.29. The maximum Gasteiger partial charge on any atom is 0.387 e. The number of nitrogens with one attached hydrogen (secondary N) is 3. The minimum atomic E-state index is -2.90. The summed E-state index contributed by atoms with van der Waals surface area (Å²) < 4.78 is 34.2. The lowest BCUT2D eigenvalue weighted by Gasteiger charge is -2.30. The molecule has 3 N–H and O–H groups in total. The molecule has 2 aromatic carbocycles. The number of hydrogen-bond acceptors (Lipinski definition) is 5. The lowest BCUT2D eigenvalue weighted by atomic mass is 9.95. The van der Waals surface area contributed by atoms with Crippen molar-refractivity contribution in [1.82, 2.24) is 15.5 Å². The smallest absolute Gasteiger partial charge is 0.387 e. The minimum Gasteiger partial charge on any atom is -0.497 e. The van der Waals surface area contributed by atoms with Gasteiger partial charge in [-0.1, -0.05) is 12.1 Å². The number of rotatable bonds is 7. The quantitative estimate of drug-likeness (QED) is 0.403. The lowest BCUT2D eigenvalue weighted by molar-refractivity contribution is -0.116. The first-order chi connectivity index (χ1) is 16.1. The van der Waals surface area contributed by atoms with E-state index < -0.39 is 12.7 Å². The Kier molecular flexibility index (Phi) is 9.75. The minimum absolute atomic E-state index is 0.0326. The van der Waals surface area contributed by atoms with Crippen molar-refractivity contribution in [3.63, 3.8) is 0 Å². The van der Waals surface area contributed by atoms with E-state index in [2.05, 4.69) is 20.7 Å². The molecule has 0 spiro atoms. The summed E-state index contributed by atoms with van der Waals surface area (Å²) in [4.78, 5) is 23.9. The zero-order chi connectivity index (χ0) is 25.3. The number of carbonyl (C=O) groups excluding carboxylic acids is 2. The van der Waals surface area contributed by atoms with Crippen LogP contribution in [0.1, 0.15) is 18.5 Å². The van der Waals surface area contributed by atoms with E-state index in [1.807, 2.05) is 0 Å². The van der Waals surface area contributed by atoms with Gasteiger partial charge in [0.05, 0.1) is 18.7 Å². The number of nitrogens with zero attached hydrogens (tertiary/aromatic N) is 1. The SMILES string of the molecule is CN(C)C=O.COc1ccc(NC(=O)C2=C(C)NC(=S)NC2c2ccc(OC(F)F)cc2)cc1. The van der Waals surface area contributed by atoms with Crippen LogP contribution >= 0.6 is 12.2 Å². The van der Waals surface area contributed by atoms with E-state index in [-0.39, 0.29) is 11.7 Å². The highest BCUT2D eigenvalue weighted by molar-refractivity contribution is 7.80. The number of hydrogen-bond donors (Lipinski definition) is 3. The second kappa shape index (κ2) is 12.5. The summed E-state index contributed by atoms with van der Waals surface area (Å²) in [7, 11) is 4.94. The first-order valence-corrected chi connectivity index (χ1v) is 10.5. The Morgan fingerprint density at radius 3 is 2.18 bits per heavy atom. The van der Waals surface area contributed by atoms with Crippen LogP contribution < -0.4 is 25.4 Å². The highest BCUT2D eigenvalue weighted by Gasteiger charge is 2.30. The van der Waals surface area contributed by atoms with Gasteiger partial charge in [-0.2, -0.15) is 8.78 Å². The molecule has 0 saturated carbocycles. The summed E-state index contributed by atoms with van der Waals surface area (Å²) in [5, 5.41) is 9.21. The van der Waals surface area contributed by atoms with E-state index in [1.54, 1.807) is 64.5 Å². The predicted octanol–water partition coefficient (Wildman–Crippen LogP) is 3.43. The third-order valence-electron chi connectivity index (χ3n) is 4.51. The van der Waals surface area contributed by atoms with Gasteiger partial charge in [0.2, 0.25) is 6.41 Å². The van der Waals surface area contributed by atoms with E-state index in [9.17, 15) is 18.4 Å². The number of thiocarbonyl (C=S) groups is 1. The monoisotopic (exact) mass is 492 g/mol. The van der Waals surface area contributed by atoms with Crippen molar-refractivity contribution >= 4 is 35.3 Å². The number of amides is 2. The predicted molar refractivity (Wildman–Crippen MR) is 129 cm³/mol. The Morgan fingerprint density at radius 1 is 1.12 bits per heavy atom.